The van der Waals surface area contributed by atoms with Gasteiger partial charge in [-0.15, -0.1) is 0 Å². The van der Waals surface area contributed by atoms with E-state index in [1.54, 1.807) is 6.92 Å². The van der Waals surface area contributed by atoms with Gasteiger partial charge >= 0.3 is 0 Å². The number of carbonyl (C=O) groups is 1. The van der Waals surface area contributed by atoms with Crippen LogP contribution in [0.1, 0.15) is 26.3 Å². The van der Waals surface area contributed by atoms with E-state index in [1.807, 2.05) is 24.3 Å². The molecule has 5 heteroatoms. The van der Waals surface area contributed by atoms with E-state index in [0.717, 1.165) is 30.9 Å². The summed E-state index contributed by atoms with van der Waals surface area (Å²) in [5.74, 6) is 0.707. The quantitative estimate of drug-likeness (QED) is 0.721. The molecule has 1 atom stereocenters. The van der Waals surface area contributed by atoms with E-state index in [1.165, 1.54) is 0 Å². The monoisotopic (exact) mass is 293 g/mol. The van der Waals surface area contributed by atoms with Gasteiger partial charge in [0.2, 0.25) is 5.91 Å². The molecule has 0 fully saturated rings. The van der Waals surface area contributed by atoms with E-state index in [2.05, 4.69) is 24.1 Å². The molecule has 21 heavy (non-hydrogen) atoms. The average Bonchev–Trinajstić information content (AvgIpc) is 2.50. The first-order valence-corrected chi connectivity index (χ1v) is 7.54. The van der Waals surface area contributed by atoms with E-state index >= 15 is 0 Å². The molecule has 0 bridgehead atoms. The summed E-state index contributed by atoms with van der Waals surface area (Å²) < 4.78 is 5.71. The van der Waals surface area contributed by atoms with Crippen molar-refractivity contribution in [2.45, 2.75) is 33.4 Å². The maximum absolute atomic E-state index is 11.4. The molecule has 0 unspecified atom stereocenters. The lowest BCUT2D eigenvalue weighted by atomic mass is 10.2. The van der Waals surface area contributed by atoms with Crippen molar-refractivity contribution in [3.63, 3.8) is 0 Å². The Morgan fingerprint density at radius 2 is 1.90 bits per heavy atom. The second kappa shape index (κ2) is 9.37. The summed E-state index contributed by atoms with van der Waals surface area (Å²) in [5, 5.41) is 2.78. The van der Waals surface area contributed by atoms with Crippen LogP contribution >= 0.6 is 0 Å². The van der Waals surface area contributed by atoms with E-state index < -0.39 is 6.04 Å². The van der Waals surface area contributed by atoms with E-state index in [4.69, 9.17) is 10.5 Å². The molecule has 1 amide bonds. The number of carbonyl (C=O) groups excluding carboxylic acids is 1. The fraction of sp³-hybridized carbons (Fsp3) is 0.562. The third-order valence-corrected chi connectivity index (χ3v) is 3.37. The van der Waals surface area contributed by atoms with Crippen LogP contribution in [0, 0.1) is 0 Å². The van der Waals surface area contributed by atoms with Gasteiger partial charge < -0.3 is 20.7 Å². The number of rotatable bonds is 9. The zero-order valence-electron chi connectivity index (χ0n) is 13.3. The van der Waals surface area contributed by atoms with Gasteiger partial charge in [0.1, 0.15) is 12.4 Å². The fourth-order valence-corrected chi connectivity index (χ4v) is 1.89. The number of likely N-dealkylation sites (N-methyl/N-ethyl adjacent to an activating group) is 1. The van der Waals surface area contributed by atoms with Crippen molar-refractivity contribution in [1.29, 1.82) is 0 Å². The fourth-order valence-electron chi connectivity index (χ4n) is 1.89. The van der Waals surface area contributed by atoms with Gasteiger partial charge in [0.05, 0.1) is 6.04 Å². The molecule has 0 aromatic heterocycles. The molecule has 0 spiro atoms. The van der Waals surface area contributed by atoms with Crippen LogP contribution in [0.5, 0.6) is 5.75 Å². The summed E-state index contributed by atoms with van der Waals surface area (Å²) >= 11 is 0. The van der Waals surface area contributed by atoms with Gasteiger partial charge in [0, 0.05) is 13.1 Å². The van der Waals surface area contributed by atoms with Crippen LogP contribution in [-0.4, -0.2) is 43.1 Å². The number of hydrogen-bond acceptors (Lipinski definition) is 4. The third-order valence-electron chi connectivity index (χ3n) is 3.37. The Bertz CT molecular complexity index is 414. The van der Waals surface area contributed by atoms with E-state index in [0.29, 0.717) is 13.2 Å². The van der Waals surface area contributed by atoms with Crippen LogP contribution in [0.15, 0.2) is 24.3 Å². The predicted octanol–water partition coefficient (Wildman–Crippen LogP) is 1.37. The highest BCUT2D eigenvalue weighted by molar-refractivity contribution is 5.80. The molecule has 0 heterocycles. The van der Waals surface area contributed by atoms with Crippen molar-refractivity contribution in [2.24, 2.45) is 5.73 Å². The van der Waals surface area contributed by atoms with Crippen molar-refractivity contribution in [1.82, 2.24) is 10.2 Å². The number of amides is 1. The Labute approximate surface area is 127 Å². The van der Waals surface area contributed by atoms with Crippen LogP contribution in [-0.2, 0) is 11.3 Å². The molecule has 5 nitrogen and oxygen atoms in total. The Morgan fingerprint density at radius 1 is 1.29 bits per heavy atom. The molecule has 0 aliphatic rings. The van der Waals surface area contributed by atoms with Crippen LogP contribution in [0.3, 0.4) is 0 Å². The molecule has 0 saturated heterocycles. The van der Waals surface area contributed by atoms with E-state index in [-0.39, 0.29) is 5.91 Å². The van der Waals surface area contributed by atoms with Crippen molar-refractivity contribution >= 4 is 5.91 Å². The Kier molecular flexibility index (Phi) is 7.79. The predicted molar refractivity (Wildman–Crippen MR) is 85.2 cm³/mol. The van der Waals surface area contributed by atoms with Crippen LogP contribution < -0.4 is 15.8 Å². The van der Waals surface area contributed by atoms with Gasteiger partial charge in [-0.3, -0.25) is 4.79 Å². The molecule has 0 aliphatic heterocycles. The molecular formula is C16H27N3O2. The minimum absolute atomic E-state index is 0.144. The largest absolute Gasteiger partial charge is 0.492 e. The molecule has 1 aromatic rings. The molecule has 1 aromatic carbocycles. The number of ether oxygens (including phenoxy) is 1. The minimum atomic E-state index is -0.479. The topological polar surface area (TPSA) is 67.6 Å². The number of benzene rings is 1. The standard InChI is InChI=1S/C16H27N3O2/c1-4-19(5-2)10-11-21-15-8-6-14(7-9-15)12-18-16(20)13(3)17/h6-9,13H,4-5,10-12,17H2,1-3H3,(H,18,20)/t13-/m1/s1. The van der Waals surface area contributed by atoms with Gasteiger partial charge in [0.15, 0.2) is 0 Å². The Hall–Kier alpha value is -1.59. The lowest BCUT2D eigenvalue weighted by Gasteiger charge is -2.18. The normalized spacial score (nSPS) is 12.2. The lowest BCUT2D eigenvalue weighted by Crippen LogP contribution is -2.37. The number of nitrogens with zero attached hydrogens (tertiary/aromatic N) is 1. The molecule has 0 radical (unpaired) electrons. The first-order valence-electron chi connectivity index (χ1n) is 7.54. The summed E-state index contributed by atoms with van der Waals surface area (Å²) in [6, 6.07) is 7.28. The molecule has 3 N–H and O–H groups in total. The number of hydrogen-bond donors (Lipinski definition) is 2. The highest BCUT2D eigenvalue weighted by Crippen LogP contribution is 2.12. The smallest absolute Gasteiger partial charge is 0.236 e. The van der Waals surface area contributed by atoms with Gasteiger partial charge in [-0.2, -0.15) is 0 Å². The summed E-state index contributed by atoms with van der Waals surface area (Å²) in [5.41, 5.74) is 6.52. The van der Waals surface area contributed by atoms with Crippen LogP contribution in [0.25, 0.3) is 0 Å². The van der Waals surface area contributed by atoms with Gasteiger partial charge in [-0.25, -0.2) is 0 Å². The molecular weight excluding hydrogens is 266 g/mol. The first-order chi connectivity index (χ1) is 10.1. The number of nitrogens with one attached hydrogen (secondary N) is 1. The van der Waals surface area contributed by atoms with Crippen molar-refractivity contribution in [3.8, 4) is 5.75 Å². The summed E-state index contributed by atoms with van der Waals surface area (Å²) in [6.45, 7) is 10.1. The van der Waals surface area contributed by atoms with Crippen LogP contribution in [0.4, 0.5) is 0 Å². The number of nitrogens with two attached hydrogens (primary N) is 1. The lowest BCUT2D eigenvalue weighted by molar-refractivity contribution is -0.122. The van der Waals surface area contributed by atoms with E-state index in [9.17, 15) is 4.79 Å². The highest BCUT2D eigenvalue weighted by Gasteiger charge is 2.06. The molecule has 0 aliphatic carbocycles. The zero-order chi connectivity index (χ0) is 15.7. The molecule has 118 valence electrons. The Balaban J connectivity index is 2.35. The summed E-state index contributed by atoms with van der Waals surface area (Å²) in [4.78, 5) is 13.7. The van der Waals surface area contributed by atoms with Gasteiger partial charge in [0.25, 0.3) is 0 Å². The Morgan fingerprint density at radius 3 is 2.43 bits per heavy atom. The van der Waals surface area contributed by atoms with Crippen molar-refractivity contribution in [3.05, 3.63) is 29.8 Å². The second-order valence-electron chi connectivity index (χ2n) is 5.03. The summed E-state index contributed by atoms with van der Waals surface area (Å²) in [7, 11) is 0. The third kappa shape index (κ3) is 6.60. The first kappa shape index (κ1) is 17.5. The van der Waals surface area contributed by atoms with Gasteiger partial charge in [-0.1, -0.05) is 26.0 Å². The minimum Gasteiger partial charge on any atom is -0.492 e. The zero-order valence-corrected chi connectivity index (χ0v) is 13.3. The molecule has 1 rings (SSSR count). The van der Waals surface area contributed by atoms with Crippen molar-refractivity contribution < 1.29 is 9.53 Å². The van der Waals surface area contributed by atoms with Crippen molar-refractivity contribution in [2.75, 3.05) is 26.2 Å². The molecule has 0 saturated carbocycles. The highest BCUT2D eigenvalue weighted by atomic mass is 16.5. The maximum atomic E-state index is 11.4. The SMILES string of the molecule is CCN(CC)CCOc1ccc(CNC(=O)[C@@H](C)N)cc1. The van der Waals surface area contributed by atoms with Crippen LogP contribution in [0.2, 0.25) is 0 Å². The summed E-state index contributed by atoms with van der Waals surface area (Å²) in [6.07, 6.45) is 0. The maximum Gasteiger partial charge on any atom is 0.236 e. The second-order valence-corrected chi connectivity index (χ2v) is 5.03. The van der Waals surface area contributed by atoms with Gasteiger partial charge in [-0.05, 0) is 37.7 Å². The average molecular weight is 293 g/mol.